The lowest BCUT2D eigenvalue weighted by Gasteiger charge is -2.27. The second kappa shape index (κ2) is 8.26. The molecule has 158 valence electrons. The summed E-state index contributed by atoms with van der Waals surface area (Å²) in [6.45, 7) is 0.250. The van der Waals surface area contributed by atoms with Crippen molar-refractivity contribution in [1.82, 2.24) is 9.80 Å². The van der Waals surface area contributed by atoms with Crippen molar-refractivity contribution in [2.45, 2.75) is 19.4 Å². The van der Waals surface area contributed by atoms with Gasteiger partial charge in [0.2, 0.25) is 5.91 Å². The molecule has 5 nitrogen and oxygen atoms in total. The molecule has 4 rings (SSSR count). The number of nitrogens with zero attached hydrogens (tertiary/aromatic N) is 2. The fourth-order valence-electron chi connectivity index (χ4n) is 3.86. The Morgan fingerprint density at radius 1 is 0.935 bits per heavy atom. The quantitative estimate of drug-likeness (QED) is 0.561. The smallest absolute Gasteiger partial charge is 0.261 e. The Bertz CT molecular complexity index is 1160. The molecule has 0 atom stereocenters. The van der Waals surface area contributed by atoms with E-state index in [9.17, 15) is 23.2 Å². The van der Waals surface area contributed by atoms with E-state index in [0.29, 0.717) is 28.5 Å². The molecule has 3 amide bonds. The van der Waals surface area contributed by atoms with Crippen LogP contribution in [0.5, 0.6) is 0 Å². The molecule has 0 aliphatic carbocycles. The maximum absolute atomic E-state index is 13.4. The lowest BCUT2D eigenvalue weighted by atomic mass is 9.94. The van der Waals surface area contributed by atoms with Gasteiger partial charge in [0, 0.05) is 43.1 Å². The van der Waals surface area contributed by atoms with Crippen molar-refractivity contribution in [1.29, 1.82) is 0 Å². The predicted molar refractivity (Wildman–Crippen MR) is 111 cm³/mol. The van der Waals surface area contributed by atoms with Crippen molar-refractivity contribution in [3.05, 3.63) is 82.9 Å². The third-order valence-corrected chi connectivity index (χ3v) is 5.46. The Morgan fingerprint density at radius 3 is 2.19 bits per heavy atom. The van der Waals surface area contributed by atoms with E-state index in [1.807, 2.05) is 12.1 Å². The van der Waals surface area contributed by atoms with Gasteiger partial charge in [-0.1, -0.05) is 30.3 Å². The third kappa shape index (κ3) is 3.91. The van der Waals surface area contributed by atoms with E-state index in [4.69, 9.17) is 0 Å². The molecule has 3 aromatic rings. The highest BCUT2D eigenvalue weighted by molar-refractivity contribution is 6.25. The van der Waals surface area contributed by atoms with Crippen LogP contribution in [0.15, 0.2) is 54.6 Å². The average molecular weight is 422 g/mol. The molecule has 0 unspecified atom stereocenters. The van der Waals surface area contributed by atoms with Crippen LogP contribution < -0.4 is 0 Å². The van der Waals surface area contributed by atoms with Crippen LogP contribution in [0.4, 0.5) is 8.78 Å². The molecule has 0 aromatic heterocycles. The van der Waals surface area contributed by atoms with Gasteiger partial charge in [0.1, 0.15) is 0 Å². The van der Waals surface area contributed by atoms with Crippen molar-refractivity contribution in [2.24, 2.45) is 0 Å². The minimum atomic E-state index is -0.962. The largest absolute Gasteiger partial charge is 0.341 e. The van der Waals surface area contributed by atoms with Crippen LogP contribution in [0, 0.1) is 11.6 Å². The van der Waals surface area contributed by atoms with Gasteiger partial charge in [-0.3, -0.25) is 19.3 Å². The fourth-order valence-corrected chi connectivity index (χ4v) is 3.86. The Hall–Kier alpha value is -3.61. The maximum atomic E-state index is 13.4. The van der Waals surface area contributed by atoms with Crippen LogP contribution in [0.2, 0.25) is 0 Å². The molecule has 0 spiro atoms. The van der Waals surface area contributed by atoms with E-state index in [0.717, 1.165) is 17.5 Å². The molecular weight excluding hydrogens is 402 g/mol. The van der Waals surface area contributed by atoms with Crippen LogP contribution in [-0.4, -0.2) is 41.1 Å². The van der Waals surface area contributed by atoms with Crippen LogP contribution in [-0.2, 0) is 11.3 Å². The summed E-state index contributed by atoms with van der Waals surface area (Å²) in [5, 5.41) is 1.50. The molecule has 0 fully saturated rings. The molecule has 3 aromatic carbocycles. The number of amides is 3. The van der Waals surface area contributed by atoms with Gasteiger partial charge in [-0.15, -0.1) is 0 Å². The number of rotatable bonds is 6. The van der Waals surface area contributed by atoms with Crippen LogP contribution in [0.1, 0.15) is 39.1 Å². The molecule has 7 heteroatoms. The van der Waals surface area contributed by atoms with E-state index in [1.54, 1.807) is 31.3 Å². The highest BCUT2D eigenvalue weighted by Crippen LogP contribution is 2.30. The maximum Gasteiger partial charge on any atom is 0.261 e. The van der Waals surface area contributed by atoms with Crippen LogP contribution in [0.25, 0.3) is 10.8 Å². The second-order valence-electron chi connectivity index (χ2n) is 7.57. The molecule has 0 radical (unpaired) electrons. The summed E-state index contributed by atoms with van der Waals surface area (Å²) < 4.78 is 26.4. The van der Waals surface area contributed by atoms with Gasteiger partial charge < -0.3 is 4.90 Å². The zero-order valence-corrected chi connectivity index (χ0v) is 16.9. The molecule has 0 N–H and O–H groups in total. The van der Waals surface area contributed by atoms with E-state index < -0.39 is 11.6 Å². The minimum absolute atomic E-state index is 0.114. The summed E-state index contributed by atoms with van der Waals surface area (Å²) >= 11 is 0. The zero-order chi connectivity index (χ0) is 22.1. The van der Waals surface area contributed by atoms with E-state index in [-0.39, 0.29) is 37.2 Å². The lowest BCUT2D eigenvalue weighted by Crippen LogP contribution is -2.41. The highest BCUT2D eigenvalue weighted by atomic mass is 19.2. The highest BCUT2D eigenvalue weighted by Gasteiger charge is 2.32. The molecule has 1 aliphatic heterocycles. The lowest BCUT2D eigenvalue weighted by molar-refractivity contribution is -0.130. The fraction of sp³-hybridized carbons (Fsp3) is 0.208. The SMILES string of the molecule is CN(Cc1ccc(F)c(F)c1)C(=O)CCCN1C(=O)c2cccc3cccc(c23)C1=O. The average Bonchev–Trinajstić information content (AvgIpc) is 2.76. The zero-order valence-electron chi connectivity index (χ0n) is 16.9. The summed E-state index contributed by atoms with van der Waals surface area (Å²) in [7, 11) is 1.57. The molecule has 0 saturated carbocycles. The predicted octanol–water partition coefficient (Wildman–Crippen LogP) is 4.15. The van der Waals surface area contributed by atoms with Crippen molar-refractivity contribution < 1.29 is 23.2 Å². The number of benzene rings is 3. The number of carbonyl (C=O) groups excluding carboxylic acids is 3. The van der Waals surface area contributed by atoms with Gasteiger partial charge in [0.25, 0.3) is 11.8 Å². The first kappa shape index (κ1) is 20.7. The number of halogens is 2. The number of carbonyl (C=O) groups is 3. The number of hydrogen-bond acceptors (Lipinski definition) is 3. The standard InChI is InChI=1S/C24H20F2N2O3/c1-27(14-15-10-11-19(25)20(26)13-15)21(29)9-4-12-28-23(30)17-7-2-5-16-6-3-8-18(22(16)17)24(28)31/h2-3,5-8,10-11,13H,4,9,12,14H2,1H3. The van der Waals surface area contributed by atoms with Gasteiger partial charge in [-0.25, -0.2) is 8.78 Å². The van der Waals surface area contributed by atoms with Gasteiger partial charge in [0.15, 0.2) is 11.6 Å². The van der Waals surface area contributed by atoms with E-state index >= 15 is 0 Å². The van der Waals surface area contributed by atoms with Gasteiger partial charge >= 0.3 is 0 Å². The van der Waals surface area contributed by atoms with Crippen molar-refractivity contribution in [3.8, 4) is 0 Å². The van der Waals surface area contributed by atoms with Gasteiger partial charge in [-0.2, -0.15) is 0 Å². The first-order valence-electron chi connectivity index (χ1n) is 9.92. The first-order chi connectivity index (χ1) is 14.9. The summed E-state index contributed by atoms with van der Waals surface area (Å²) in [4.78, 5) is 40.7. The van der Waals surface area contributed by atoms with Crippen LogP contribution >= 0.6 is 0 Å². The Labute approximate surface area is 177 Å². The molecule has 1 heterocycles. The van der Waals surface area contributed by atoms with E-state index in [1.165, 1.54) is 15.9 Å². The Balaban J connectivity index is 1.39. The topological polar surface area (TPSA) is 57.7 Å². The normalized spacial score (nSPS) is 13.1. The second-order valence-corrected chi connectivity index (χ2v) is 7.57. The van der Waals surface area contributed by atoms with Crippen molar-refractivity contribution in [3.63, 3.8) is 0 Å². The summed E-state index contributed by atoms with van der Waals surface area (Å²) in [6, 6.07) is 14.2. The van der Waals surface area contributed by atoms with Gasteiger partial charge in [0.05, 0.1) is 0 Å². The summed E-state index contributed by atoms with van der Waals surface area (Å²) in [5.41, 5.74) is 1.43. The number of imide groups is 1. The van der Waals surface area contributed by atoms with Gasteiger partial charge in [-0.05, 0) is 41.6 Å². The molecule has 31 heavy (non-hydrogen) atoms. The van der Waals surface area contributed by atoms with Crippen molar-refractivity contribution >= 4 is 28.5 Å². The number of hydrogen-bond donors (Lipinski definition) is 0. The van der Waals surface area contributed by atoms with Crippen molar-refractivity contribution in [2.75, 3.05) is 13.6 Å². The monoisotopic (exact) mass is 422 g/mol. The molecule has 0 saturated heterocycles. The van der Waals surface area contributed by atoms with E-state index in [2.05, 4.69) is 0 Å². The third-order valence-electron chi connectivity index (χ3n) is 5.46. The minimum Gasteiger partial charge on any atom is -0.341 e. The Kier molecular flexibility index (Phi) is 5.50. The molecule has 1 aliphatic rings. The summed E-state index contributed by atoms with van der Waals surface area (Å²) in [5.74, 6) is -2.85. The van der Waals surface area contributed by atoms with Crippen LogP contribution in [0.3, 0.4) is 0 Å². The summed E-state index contributed by atoms with van der Waals surface area (Å²) in [6.07, 6.45) is 0.416. The molecule has 0 bridgehead atoms. The first-order valence-corrected chi connectivity index (χ1v) is 9.92. The molecular formula is C24H20F2N2O3. The Morgan fingerprint density at radius 2 is 1.58 bits per heavy atom.